The summed E-state index contributed by atoms with van der Waals surface area (Å²) in [5.41, 5.74) is 2.60. The van der Waals surface area contributed by atoms with Crippen LogP contribution in [0.5, 0.6) is 0 Å². The van der Waals surface area contributed by atoms with Gasteiger partial charge in [0.1, 0.15) is 0 Å². The van der Waals surface area contributed by atoms with E-state index in [0.29, 0.717) is 17.7 Å². The van der Waals surface area contributed by atoms with Crippen LogP contribution in [0.3, 0.4) is 0 Å². The fourth-order valence-electron chi connectivity index (χ4n) is 3.50. The number of aromatic nitrogens is 3. The highest BCUT2D eigenvalue weighted by atomic mass is 32.1. The number of hydrogen-bond donors (Lipinski definition) is 2. The van der Waals surface area contributed by atoms with E-state index >= 15 is 0 Å². The van der Waals surface area contributed by atoms with Gasteiger partial charge in [0.05, 0.1) is 10.9 Å². The Morgan fingerprint density at radius 2 is 2.23 bits per heavy atom. The molecule has 3 aromatic rings. The van der Waals surface area contributed by atoms with Crippen LogP contribution >= 0.6 is 23.6 Å². The minimum absolute atomic E-state index is 0.0481. The van der Waals surface area contributed by atoms with Gasteiger partial charge in [-0.2, -0.15) is 5.10 Å². The molecular weight excluding hydrogens is 364 g/mol. The normalized spacial score (nSPS) is 16.2. The van der Waals surface area contributed by atoms with Crippen molar-refractivity contribution in [3.8, 4) is 10.7 Å². The maximum atomic E-state index is 12.5. The zero-order chi connectivity index (χ0) is 17.9. The zero-order valence-electron chi connectivity index (χ0n) is 14.3. The van der Waals surface area contributed by atoms with E-state index in [1.165, 1.54) is 11.1 Å². The van der Waals surface area contributed by atoms with Gasteiger partial charge in [-0.05, 0) is 54.1 Å². The second-order valence-corrected chi connectivity index (χ2v) is 7.78. The maximum Gasteiger partial charge on any atom is 0.222 e. The van der Waals surface area contributed by atoms with Gasteiger partial charge in [0.25, 0.3) is 0 Å². The molecule has 7 heteroatoms. The van der Waals surface area contributed by atoms with Crippen LogP contribution in [0.15, 0.2) is 41.8 Å². The van der Waals surface area contributed by atoms with Gasteiger partial charge in [0.15, 0.2) is 10.6 Å². The Hall–Kier alpha value is -2.25. The summed E-state index contributed by atoms with van der Waals surface area (Å²) >= 11 is 6.94. The predicted molar refractivity (Wildman–Crippen MR) is 106 cm³/mol. The molecule has 4 rings (SSSR count). The number of benzene rings is 1. The number of nitrogens with one attached hydrogen (secondary N) is 2. The number of rotatable bonds is 5. The van der Waals surface area contributed by atoms with Crippen LogP contribution in [0.25, 0.3) is 10.7 Å². The highest BCUT2D eigenvalue weighted by Gasteiger charge is 2.21. The lowest BCUT2D eigenvalue weighted by molar-refractivity contribution is -0.122. The van der Waals surface area contributed by atoms with Gasteiger partial charge >= 0.3 is 0 Å². The number of thiophene rings is 1. The summed E-state index contributed by atoms with van der Waals surface area (Å²) in [5, 5.41) is 12.3. The minimum atomic E-state index is 0.0481. The number of carbonyl (C=O) groups excluding carboxylic acids is 1. The Kier molecular flexibility index (Phi) is 4.99. The molecule has 0 aliphatic heterocycles. The summed E-state index contributed by atoms with van der Waals surface area (Å²) < 4.78 is 2.44. The van der Waals surface area contributed by atoms with Crippen molar-refractivity contribution in [2.75, 3.05) is 0 Å². The van der Waals surface area contributed by atoms with E-state index in [0.717, 1.165) is 30.0 Å². The van der Waals surface area contributed by atoms with Crippen molar-refractivity contribution < 1.29 is 4.79 Å². The maximum absolute atomic E-state index is 12.5. The molecular formula is C19H20N4OS2. The van der Waals surface area contributed by atoms with Crippen molar-refractivity contribution in [1.82, 2.24) is 20.1 Å². The van der Waals surface area contributed by atoms with E-state index < -0.39 is 0 Å². The molecule has 0 spiro atoms. The molecule has 0 fully saturated rings. The summed E-state index contributed by atoms with van der Waals surface area (Å²) in [6.45, 7) is 0.517. The summed E-state index contributed by atoms with van der Waals surface area (Å²) in [4.78, 5) is 13.6. The van der Waals surface area contributed by atoms with Gasteiger partial charge in [0.2, 0.25) is 5.91 Å². The van der Waals surface area contributed by atoms with Gasteiger partial charge in [-0.15, -0.1) is 11.3 Å². The third-order valence-electron chi connectivity index (χ3n) is 4.77. The van der Waals surface area contributed by atoms with Crippen LogP contribution in [-0.2, 0) is 17.8 Å². The molecule has 5 nitrogen and oxygen atoms in total. The summed E-state index contributed by atoms with van der Waals surface area (Å²) in [7, 11) is 0. The van der Waals surface area contributed by atoms with Crippen LogP contribution in [-0.4, -0.2) is 20.7 Å². The lowest BCUT2D eigenvalue weighted by Gasteiger charge is -2.26. The molecule has 1 aliphatic rings. The number of amides is 1. The van der Waals surface area contributed by atoms with Gasteiger partial charge in [-0.3, -0.25) is 14.5 Å². The van der Waals surface area contributed by atoms with Crippen molar-refractivity contribution in [3.05, 3.63) is 57.7 Å². The Morgan fingerprint density at radius 1 is 1.35 bits per heavy atom. The number of fused-ring (bicyclic) bond motifs is 1. The van der Waals surface area contributed by atoms with Crippen molar-refractivity contribution in [3.63, 3.8) is 0 Å². The standard InChI is InChI=1S/C19H20N4OS2/c24-17(20-15-8-3-6-13-5-1-2-7-14(13)15)10-11-23-18(21-22-19(23)25)16-9-4-12-26-16/h1-2,4-5,7,9,12,15H,3,6,8,10-11H2,(H,20,24)(H,22,25)/t15-/m1/s1. The van der Waals surface area contributed by atoms with E-state index in [1.807, 2.05) is 28.1 Å². The molecule has 0 saturated carbocycles. The first-order valence-electron chi connectivity index (χ1n) is 8.78. The molecule has 134 valence electrons. The van der Waals surface area contributed by atoms with E-state index in [-0.39, 0.29) is 11.9 Å². The smallest absolute Gasteiger partial charge is 0.222 e. The Bertz CT molecular complexity index is 958. The number of H-pyrrole nitrogens is 1. The first-order valence-corrected chi connectivity index (χ1v) is 10.1. The van der Waals surface area contributed by atoms with Crippen LogP contribution < -0.4 is 5.32 Å². The highest BCUT2D eigenvalue weighted by Crippen LogP contribution is 2.29. The molecule has 2 aromatic heterocycles. The Balaban J connectivity index is 1.43. The fourth-order valence-corrected chi connectivity index (χ4v) is 4.45. The molecule has 0 radical (unpaired) electrons. The average molecular weight is 385 g/mol. The number of aromatic amines is 1. The molecule has 1 aliphatic carbocycles. The zero-order valence-corrected chi connectivity index (χ0v) is 15.9. The van der Waals surface area contributed by atoms with Crippen molar-refractivity contribution in [1.29, 1.82) is 0 Å². The molecule has 2 heterocycles. The summed E-state index contributed by atoms with van der Waals surface area (Å²) in [6, 6.07) is 12.5. The number of carbonyl (C=O) groups is 1. The van der Waals surface area contributed by atoms with Crippen molar-refractivity contribution >= 4 is 29.5 Å². The van der Waals surface area contributed by atoms with Crippen LogP contribution in [0, 0.1) is 4.77 Å². The largest absolute Gasteiger partial charge is 0.349 e. The van der Waals surface area contributed by atoms with E-state index in [9.17, 15) is 4.79 Å². The fraction of sp³-hybridized carbons (Fsp3) is 0.316. The van der Waals surface area contributed by atoms with E-state index in [1.54, 1.807) is 11.3 Å². The summed E-state index contributed by atoms with van der Waals surface area (Å²) in [5.74, 6) is 0.841. The van der Waals surface area contributed by atoms with Gasteiger partial charge in [-0.1, -0.05) is 30.3 Å². The minimum Gasteiger partial charge on any atom is -0.349 e. The number of hydrogen-bond acceptors (Lipinski definition) is 4. The topological polar surface area (TPSA) is 62.7 Å². The summed E-state index contributed by atoms with van der Waals surface area (Å²) in [6.07, 6.45) is 3.58. The van der Waals surface area contributed by atoms with E-state index in [4.69, 9.17) is 12.2 Å². The lowest BCUT2D eigenvalue weighted by atomic mass is 9.88. The SMILES string of the molecule is O=C(CCn1c(-c2cccs2)n[nH]c1=S)N[C@@H]1CCCc2ccccc21. The Morgan fingerprint density at radius 3 is 3.08 bits per heavy atom. The molecule has 0 bridgehead atoms. The predicted octanol–water partition coefficient (Wildman–Crippen LogP) is 4.25. The quantitative estimate of drug-likeness (QED) is 0.646. The molecule has 0 unspecified atom stereocenters. The molecule has 2 N–H and O–H groups in total. The molecule has 1 aromatic carbocycles. The number of aryl methyl sites for hydroxylation is 1. The Labute approximate surface area is 161 Å². The third-order valence-corrected chi connectivity index (χ3v) is 5.94. The number of nitrogens with zero attached hydrogens (tertiary/aromatic N) is 2. The average Bonchev–Trinajstić information content (AvgIpc) is 3.30. The third kappa shape index (κ3) is 3.50. The molecule has 26 heavy (non-hydrogen) atoms. The second kappa shape index (κ2) is 7.55. The van der Waals surface area contributed by atoms with Crippen molar-refractivity contribution in [2.24, 2.45) is 0 Å². The van der Waals surface area contributed by atoms with Gasteiger partial charge in [0, 0.05) is 13.0 Å². The van der Waals surface area contributed by atoms with Crippen molar-refractivity contribution in [2.45, 2.75) is 38.3 Å². The molecule has 1 amide bonds. The molecule has 0 saturated heterocycles. The first kappa shape index (κ1) is 17.2. The molecule has 1 atom stereocenters. The monoisotopic (exact) mass is 384 g/mol. The van der Waals surface area contributed by atoms with Crippen LogP contribution in [0.4, 0.5) is 0 Å². The van der Waals surface area contributed by atoms with Crippen LogP contribution in [0.1, 0.15) is 36.4 Å². The van der Waals surface area contributed by atoms with Crippen LogP contribution in [0.2, 0.25) is 0 Å². The lowest BCUT2D eigenvalue weighted by Crippen LogP contribution is -2.31. The highest BCUT2D eigenvalue weighted by molar-refractivity contribution is 7.71. The second-order valence-electron chi connectivity index (χ2n) is 6.44. The van der Waals surface area contributed by atoms with Gasteiger partial charge in [-0.25, -0.2) is 0 Å². The first-order chi connectivity index (χ1) is 12.7. The van der Waals surface area contributed by atoms with E-state index in [2.05, 4.69) is 33.7 Å². The van der Waals surface area contributed by atoms with Gasteiger partial charge < -0.3 is 5.32 Å².